The first-order chi connectivity index (χ1) is 9.16. The van der Waals surface area contributed by atoms with Gasteiger partial charge in [-0.15, -0.1) is 0 Å². The Balaban J connectivity index is 1.82. The van der Waals surface area contributed by atoms with Gasteiger partial charge in [0.2, 0.25) is 0 Å². The van der Waals surface area contributed by atoms with E-state index in [1.807, 2.05) is 17.7 Å². The van der Waals surface area contributed by atoms with Crippen LogP contribution in [0, 0.1) is 5.82 Å². The fourth-order valence-corrected chi connectivity index (χ4v) is 1.77. The normalized spacial score (nSPS) is 12.4. The zero-order valence-electron chi connectivity index (χ0n) is 10.9. The SMILES string of the molecule is CC(N)c1ccc(OCCCn2ccnc2)c(F)c1. The minimum Gasteiger partial charge on any atom is -0.490 e. The molecular weight excluding hydrogens is 245 g/mol. The average Bonchev–Trinajstić information content (AvgIpc) is 2.89. The Bertz CT molecular complexity index is 511. The fourth-order valence-electron chi connectivity index (χ4n) is 1.77. The second-order valence-electron chi connectivity index (χ2n) is 4.48. The van der Waals surface area contributed by atoms with Gasteiger partial charge in [-0.3, -0.25) is 0 Å². The fraction of sp³-hybridized carbons (Fsp3) is 0.357. The minimum atomic E-state index is -0.363. The Morgan fingerprint density at radius 3 is 2.95 bits per heavy atom. The van der Waals surface area contributed by atoms with Crippen LogP contribution >= 0.6 is 0 Å². The maximum absolute atomic E-state index is 13.7. The van der Waals surface area contributed by atoms with Gasteiger partial charge >= 0.3 is 0 Å². The topological polar surface area (TPSA) is 53.1 Å². The molecule has 1 aromatic carbocycles. The van der Waals surface area contributed by atoms with E-state index in [1.54, 1.807) is 24.7 Å². The first kappa shape index (κ1) is 13.5. The molecular formula is C14H18FN3O. The lowest BCUT2D eigenvalue weighted by Crippen LogP contribution is -2.07. The monoisotopic (exact) mass is 263 g/mol. The van der Waals surface area contributed by atoms with Gasteiger partial charge in [0.1, 0.15) is 0 Å². The van der Waals surface area contributed by atoms with Crippen LogP contribution in [0.4, 0.5) is 4.39 Å². The number of imidazole rings is 1. The second-order valence-corrected chi connectivity index (χ2v) is 4.48. The summed E-state index contributed by atoms with van der Waals surface area (Å²) in [6, 6.07) is 4.67. The van der Waals surface area contributed by atoms with Crippen LogP contribution in [-0.2, 0) is 6.54 Å². The summed E-state index contributed by atoms with van der Waals surface area (Å²) in [6.07, 6.45) is 6.16. The number of rotatable bonds is 6. The van der Waals surface area contributed by atoms with Crippen LogP contribution in [0.2, 0.25) is 0 Å². The van der Waals surface area contributed by atoms with E-state index in [-0.39, 0.29) is 17.6 Å². The Hall–Kier alpha value is -1.88. The van der Waals surface area contributed by atoms with E-state index in [1.165, 1.54) is 6.07 Å². The molecule has 1 aromatic heterocycles. The molecule has 0 aliphatic heterocycles. The summed E-state index contributed by atoms with van der Waals surface area (Å²) in [7, 11) is 0. The van der Waals surface area contributed by atoms with Crippen LogP contribution < -0.4 is 10.5 Å². The molecule has 4 nitrogen and oxygen atoms in total. The van der Waals surface area contributed by atoms with E-state index >= 15 is 0 Å². The highest BCUT2D eigenvalue weighted by Crippen LogP contribution is 2.21. The van der Waals surface area contributed by atoms with Gasteiger partial charge < -0.3 is 15.0 Å². The molecule has 1 heterocycles. The van der Waals surface area contributed by atoms with Crippen molar-refractivity contribution in [1.82, 2.24) is 9.55 Å². The highest BCUT2D eigenvalue weighted by atomic mass is 19.1. The van der Waals surface area contributed by atoms with Gasteiger partial charge in [0.25, 0.3) is 0 Å². The van der Waals surface area contributed by atoms with Crippen molar-refractivity contribution in [1.29, 1.82) is 0 Å². The van der Waals surface area contributed by atoms with Crippen LogP contribution in [0.1, 0.15) is 24.9 Å². The molecule has 5 heteroatoms. The summed E-state index contributed by atoms with van der Waals surface area (Å²) in [6.45, 7) is 3.09. The van der Waals surface area contributed by atoms with Crippen molar-refractivity contribution in [2.24, 2.45) is 5.73 Å². The highest BCUT2D eigenvalue weighted by Gasteiger charge is 2.07. The van der Waals surface area contributed by atoms with Crippen LogP contribution in [0.5, 0.6) is 5.75 Å². The van der Waals surface area contributed by atoms with Crippen molar-refractivity contribution < 1.29 is 9.13 Å². The zero-order valence-corrected chi connectivity index (χ0v) is 10.9. The van der Waals surface area contributed by atoms with Crippen LogP contribution in [0.25, 0.3) is 0 Å². The van der Waals surface area contributed by atoms with Gasteiger partial charge in [0.05, 0.1) is 12.9 Å². The summed E-state index contributed by atoms with van der Waals surface area (Å²) >= 11 is 0. The van der Waals surface area contributed by atoms with E-state index in [0.29, 0.717) is 6.61 Å². The number of hydrogen-bond donors (Lipinski definition) is 1. The summed E-state index contributed by atoms with van der Waals surface area (Å²) in [4.78, 5) is 3.95. The molecule has 0 bridgehead atoms. The lowest BCUT2D eigenvalue weighted by Gasteiger charge is -2.10. The van der Waals surface area contributed by atoms with Gasteiger partial charge in [-0.25, -0.2) is 9.37 Å². The van der Waals surface area contributed by atoms with Crippen molar-refractivity contribution in [3.8, 4) is 5.75 Å². The van der Waals surface area contributed by atoms with E-state index in [9.17, 15) is 4.39 Å². The number of aryl methyl sites for hydroxylation is 1. The third-order valence-electron chi connectivity index (χ3n) is 2.86. The maximum Gasteiger partial charge on any atom is 0.165 e. The molecule has 0 spiro atoms. The molecule has 0 amide bonds. The molecule has 1 atom stereocenters. The summed E-state index contributed by atoms with van der Waals surface area (Å²) in [5, 5.41) is 0. The summed E-state index contributed by atoms with van der Waals surface area (Å²) < 4.78 is 21.1. The number of benzene rings is 1. The molecule has 2 N–H and O–H groups in total. The van der Waals surface area contributed by atoms with Crippen molar-refractivity contribution in [3.05, 3.63) is 48.3 Å². The standard InChI is InChI=1S/C14H18FN3O/c1-11(16)12-3-4-14(13(15)9-12)19-8-2-6-18-7-5-17-10-18/h3-5,7,9-11H,2,6,8,16H2,1H3. The minimum absolute atomic E-state index is 0.176. The van der Waals surface area contributed by atoms with Gasteiger partial charge in [-0.1, -0.05) is 6.07 Å². The number of ether oxygens (including phenoxy) is 1. The van der Waals surface area contributed by atoms with E-state index < -0.39 is 0 Å². The average molecular weight is 263 g/mol. The van der Waals surface area contributed by atoms with Crippen LogP contribution in [0.3, 0.4) is 0 Å². The number of nitrogens with two attached hydrogens (primary N) is 1. The molecule has 19 heavy (non-hydrogen) atoms. The van der Waals surface area contributed by atoms with Gasteiger partial charge in [-0.05, 0) is 31.0 Å². The summed E-state index contributed by atoms with van der Waals surface area (Å²) in [5.74, 6) is -0.0903. The predicted molar refractivity (Wildman–Crippen MR) is 71.3 cm³/mol. The van der Waals surface area contributed by atoms with Crippen molar-refractivity contribution in [2.75, 3.05) is 6.61 Å². The number of aromatic nitrogens is 2. The number of hydrogen-bond acceptors (Lipinski definition) is 3. The van der Waals surface area contributed by atoms with E-state index in [4.69, 9.17) is 10.5 Å². The highest BCUT2D eigenvalue weighted by molar-refractivity contribution is 5.30. The smallest absolute Gasteiger partial charge is 0.165 e. The van der Waals surface area contributed by atoms with Crippen molar-refractivity contribution >= 4 is 0 Å². The third-order valence-corrected chi connectivity index (χ3v) is 2.86. The molecule has 0 saturated heterocycles. The largest absolute Gasteiger partial charge is 0.490 e. The lowest BCUT2D eigenvalue weighted by molar-refractivity contribution is 0.287. The molecule has 2 rings (SSSR count). The first-order valence-electron chi connectivity index (χ1n) is 6.30. The molecule has 0 saturated carbocycles. The Morgan fingerprint density at radius 2 is 2.32 bits per heavy atom. The maximum atomic E-state index is 13.7. The van der Waals surface area contributed by atoms with Gasteiger partial charge in [0.15, 0.2) is 11.6 Å². The molecule has 0 fully saturated rings. The number of nitrogens with zero attached hydrogens (tertiary/aromatic N) is 2. The number of halogens is 1. The van der Waals surface area contributed by atoms with E-state index in [0.717, 1.165) is 18.5 Å². The van der Waals surface area contributed by atoms with Crippen LogP contribution in [-0.4, -0.2) is 16.2 Å². The quantitative estimate of drug-likeness (QED) is 0.815. The Morgan fingerprint density at radius 1 is 1.47 bits per heavy atom. The Labute approximate surface area is 112 Å². The van der Waals surface area contributed by atoms with Crippen molar-refractivity contribution in [3.63, 3.8) is 0 Å². The second kappa shape index (κ2) is 6.33. The molecule has 0 aliphatic rings. The van der Waals surface area contributed by atoms with Gasteiger partial charge in [0, 0.05) is 25.0 Å². The molecule has 0 aliphatic carbocycles. The third kappa shape index (κ3) is 3.79. The predicted octanol–water partition coefficient (Wildman–Crippen LogP) is 2.51. The van der Waals surface area contributed by atoms with Crippen LogP contribution in [0.15, 0.2) is 36.9 Å². The zero-order chi connectivity index (χ0) is 13.7. The Kier molecular flexibility index (Phi) is 4.52. The summed E-state index contributed by atoms with van der Waals surface area (Å²) in [5.41, 5.74) is 6.46. The van der Waals surface area contributed by atoms with E-state index in [2.05, 4.69) is 4.98 Å². The molecule has 0 radical (unpaired) electrons. The molecule has 1 unspecified atom stereocenters. The van der Waals surface area contributed by atoms with Crippen molar-refractivity contribution in [2.45, 2.75) is 25.9 Å². The first-order valence-corrected chi connectivity index (χ1v) is 6.30. The lowest BCUT2D eigenvalue weighted by atomic mass is 10.1. The molecule has 102 valence electrons. The molecule has 2 aromatic rings. The van der Waals surface area contributed by atoms with Gasteiger partial charge in [-0.2, -0.15) is 0 Å².